The predicted molar refractivity (Wildman–Crippen MR) is 172 cm³/mol. The summed E-state index contributed by atoms with van der Waals surface area (Å²) in [4.78, 5) is 3.76. The van der Waals surface area contributed by atoms with Crippen molar-refractivity contribution in [1.82, 2.24) is 9.05 Å². The van der Waals surface area contributed by atoms with Crippen LogP contribution in [0.4, 0.5) is 5.69 Å². The zero-order valence-electron chi connectivity index (χ0n) is 22.1. The van der Waals surface area contributed by atoms with E-state index in [1.807, 2.05) is 12.1 Å². The van der Waals surface area contributed by atoms with Crippen molar-refractivity contribution in [3.8, 4) is 16.8 Å². The van der Waals surface area contributed by atoms with E-state index in [0.717, 1.165) is 5.52 Å². The van der Waals surface area contributed by atoms with Gasteiger partial charge in [0.1, 0.15) is 0 Å². The Hall–Kier alpha value is -5.53. The van der Waals surface area contributed by atoms with Gasteiger partial charge in [0, 0.05) is 49.3 Å². The van der Waals surface area contributed by atoms with Crippen molar-refractivity contribution in [1.29, 1.82) is 0 Å². The van der Waals surface area contributed by atoms with Crippen LogP contribution < -0.4 is 10.9 Å². The third kappa shape index (κ3) is 2.93. The maximum Gasteiger partial charge on any atom is 0.332 e. The van der Waals surface area contributed by atoms with E-state index in [0.29, 0.717) is 5.69 Å². The molecule has 0 saturated heterocycles. The normalized spacial score (nSPS) is 12.3. The lowest BCUT2D eigenvalue weighted by molar-refractivity contribution is 1.18. The molecule has 0 spiro atoms. The number of para-hydroxylation sites is 4. The van der Waals surface area contributed by atoms with Crippen LogP contribution in [0, 0.1) is 6.57 Å². The molecule has 1 aliphatic heterocycles. The summed E-state index contributed by atoms with van der Waals surface area (Å²) in [6, 6.07) is 47.8. The van der Waals surface area contributed by atoms with E-state index < -0.39 is 0 Å². The fraction of sp³-hybridized carbons (Fsp3) is 0. The Kier molecular flexibility index (Phi) is 4.48. The fourth-order valence-electron chi connectivity index (χ4n) is 7.16. The molecule has 3 heterocycles. The number of hydrogen-bond acceptors (Lipinski definition) is 0. The highest BCUT2D eigenvalue weighted by atomic mass is 15.0. The highest BCUT2D eigenvalue weighted by Crippen LogP contribution is 2.39. The lowest BCUT2D eigenvalue weighted by Gasteiger charge is -2.28. The topological polar surface area (TPSA) is 14.2 Å². The number of nitrogens with zero attached hydrogens (tertiary/aromatic N) is 3. The lowest BCUT2D eigenvalue weighted by Crippen LogP contribution is -2.53. The van der Waals surface area contributed by atoms with Crippen molar-refractivity contribution in [2.75, 3.05) is 0 Å². The Morgan fingerprint density at radius 1 is 0.537 bits per heavy atom. The molecule has 41 heavy (non-hydrogen) atoms. The van der Waals surface area contributed by atoms with Gasteiger partial charge in [0.15, 0.2) is 5.69 Å². The summed E-state index contributed by atoms with van der Waals surface area (Å²) in [5, 5.41) is 4.92. The number of rotatable bonds is 2. The van der Waals surface area contributed by atoms with Crippen LogP contribution in [0.3, 0.4) is 0 Å². The summed E-state index contributed by atoms with van der Waals surface area (Å²) in [6.07, 6.45) is 0. The van der Waals surface area contributed by atoms with Crippen molar-refractivity contribution >= 4 is 67.1 Å². The first-order valence-corrected chi connectivity index (χ1v) is 13.9. The van der Waals surface area contributed by atoms with E-state index >= 15 is 0 Å². The molecule has 0 radical (unpaired) electrons. The molecular formula is C37H22BN3. The van der Waals surface area contributed by atoms with Gasteiger partial charge >= 0.3 is 6.85 Å². The van der Waals surface area contributed by atoms with Crippen LogP contribution in [0.1, 0.15) is 0 Å². The van der Waals surface area contributed by atoms with Crippen LogP contribution in [0.15, 0.2) is 133 Å². The molecule has 188 valence electrons. The second-order valence-corrected chi connectivity index (χ2v) is 10.8. The van der Waals surface area contributed by atoms with Crippen LogP contribution in [-0.4, -0.2) is 15.9 Å². The summed E-state index contributed by atoms with van der Waals surface area (Å²) in [5.74, 6) is 0. The SMILES string of the molecule is [C-]#[N+]c1ccc2c3cccc4c3n(c2c1)-c1ccccc1B4n1c2ccccc2c2cccc(-c3ccccc3)c21. The second kappa shape index (κ2) is 8.24. The average molecular weight is 519 g/mol. The van der Waals surface area contributed by atoms with Crippen molar-refractivity contribution in [2.45, 2.75) is 0 Å². The van der Waals surface area contributed by atoms with Crippen molar-refractivity contribution < 1.29 is 0 Å². The van der Waals surface area contributed by atoms with E-state index in [9.17, 15) is 0 Å². The first-order valence-electron chi connectivity index (χ1n) is 13.9. The Morgan fingerprint density at radius 2 is 1.22 bits per heavy atom. The largest absolute Gasteiger partial charge is 0.375 e. The van der Waals surface area contributed by atoms with E-state index in [1.54, 1.807) is 0 Å². The summed E-state index contributed by atoms with van der Waals surface area (Å²) < 4.78 is 4.96. The fourth-order valence-corrected chi connectivity index (χ4v) is 7.16. The highest BCUT2D eigenvalue weighted by Gasteiger charge is 2.36. The second-order valence-electron chi connectivity index (χ2n) is 10.8. The minimum Gasteiger partial charge on any atom is -0.375 e. The molecule has 0 bridgehead atoms. The van der Waals surface area contributed by atoms with Gasteiger partial charge in [0.2, 0.25) is 0 Å². The molecule has 0 N–H and O–H groups in total. The third-order valence-corrected chi connectivity index (χ3v) is 8.77. The van der Waals surface area contributed by atoms with Gasteiger partial charge in [0.25, 0.3) is 0 Å². The number of aromatic nitrogens is 2. The Morgan fingerprint density at radius 3 is 2.10 bits per heavy atom. The Balaban J connectivity index is 1.49. The molecule has 8 aromatic rings. The van der Waals surface area contributed by atoms with Gasteiger partial charge in [-0.05, 0) is 34.7 Å². The molecule has 3 nitrogen and oxygen atoms in total. The third-order valence-electron chi connectivity index (χ3n) is 8.77. The molecule has 0 aliphatic carbocycles. The summed E-state index contributed by atoms with van der Waals surface area (Å²) in [6.45, 7) is 7.64. The quantitative estimate of drug-likeness (QED) is 0.162. The van der Waals surface area contributed by atoms with Gasteiger partial charge in [-0.15, -0.1) is 0 Å². The number of fused-ring (bicyclic) bond motifs is 8. The molecule has 6 aromatic carbocycles. The maximum atomic E-state index is 7.67. The van der Waals surface area contributed by atoms with Crippen molar-refractivity contribution in [2.24, 2.45) is 0 Å². The molecule has 1 aliphatic rings. The van der Waals surface area contributed by atoms with Crippen LogP contribution in [-0.2, 0) is 0 Å². The van der Waals surface area contributed by atoms with Crippen molar-refractivity contribution in [3.63, 3.8) is 0 Å². The van der Waals surface area contributed by atoms with E-state index in [1.165, 1.54) is 65.8 Å². The summed E-state index contributed by atoms with van der Waals surface area (Å²) in [5.41, 5.74) is 11.6. The van der Waals surface area contributed by atoms with Crippen LogP contribution in [0.2, 0.25) is 0 Å². The zero-order valence-corrected chi connectivity index (χ0v) is 22.1. The molecule has 0 atom stereocenters. The minimum absolute atomic E-state index is 0.0284. The van der Waals surface area contributed by atoms with Crippen LogP contribution in [0.5, 0.6) is 0 Å². The van der Waals surface area contributed by atoms with Gasteiger partial charge in [-0.3, -0.25) is 0 Å². The number of benzene rings is 6. The standard InChI is InChI=1S/C37H22BN3/c1-39-25-21-22-28-30-16-10-18-32-37(30)40(35(28)23-25)34-20-8-6-17-31(34)38(32)41-33-19-7-5-13-27(33)29-15-9-14-26(36(29)41)24-11-3-2-4-12-24/h2-23H. The smallest absolute Gasteiger partial charge is 0.332 e. The molecule has 4 heteroatoms. The van der Waals surface area contributed by atoms with Gasteiger partial charge in [0.05, 0.1) is 12.1 Å². The zero-order chi connectivity index (χ0) is 27.1. The number of hydrogen-bond donors (Lipinski definition) is 0. The van der Waals surface area contributed by atoms with E-state index in [-0.39, 0.29) is 6.85 Å². The monoisotopic (exact) mass is 519 g/mol. The van der Waals surface area contributed by atoms with Crippen LogP contribution >= 0.6 is 0 Å². The molecule has 0 unspecified atom stereocenters. The minimum atomic E-state index is -0.0284. The van der Waals surface area contributed by atoms with Gasteiger partial charge < -0.3 is 9.05 Å². The summed E-state index contributed by atoms with van der Waals surface area (Å²) in [7, 11) is 0. The van der Waals surface area contributed by atoms with Gasteiger partial charge in [-0.1, -0.05) is 115 Å². The molecule has 0 saturated carbocycles. The molecule has 0 fully saturated rings. The molecule has 9 rings (SSSR count). The van der Waals surface area contributed by atoms with Crippen LogP contribution in [0.25, 0.3) is 65.3 Å². The molecule has 2 aromatic heterocycles. The van der Waals surface area contributed by atoms with Gasteiger partial charge in [-0.25, -0.2) is 4.85 Å². The Labute approximate surface area is 237 Å². The predicted octanol–water partition coefficient (Wildman–Crippen LogP) is 8.08. The highest BCUT2D eigenvalue weighted by molar-refractivity contribution is 6.88. The summed E-state index contributed by atoms with van der Waals surface area (Å²) >= 11 is 0. The van der Waals surface area contributed by atoms with Gasteiger partial charge in [-0.2, -0.15) is 0 Å². The first kappa shape index (κ1) is 22.3. The molecule has 0 amide bonds. The maximum absolute atomic E-state index is 7.67. The average Bonchev–Trinajstić information content (AvgIpc) is 3.55. The lowest BCUT2D eigenvalue weighted by atomic mass is 9.48. The Bertz CT molecular complexity index is 2390. The van der Waals surface area contributed by atoms with E-state index in [2.05, 4.69) is 135 Å². The molecular weight excluding hydrogens is 497 g/mol. The van der Waals surface area contributed by atoms with E-state index in [4.69, 9.17) is 6.57 Å². The van der Waals surface area contributed by atoms with Crippen molar-refractivity contribution in [3.05, 3.63) is 145 Å². The first-order chi connectivity index (χ1) is 20.3.